The third-order valence-corrected chi connectivity index (χ3v) is 6.93. The van der Waals surface area contributed by atoms with Crippen LogP contribution in [-0.2, 0) is 27.3 Å². The van der Waals surface area contributed by atoms with Gasteiger partial charge in [-0.2, -0.15) is 0 Å². The number of amides is 2. The third-order valence-electron chi connectivity index (χ3n) is 6.65. The van der Waals surface area contributed by atoms with Gasteiger partial charge in [0.05, 0.1) is 31.0 Å². The number of benzene rings is 2. The molecule has 0 saturated carbocycles. The summed E-state index contributed by atoms with van der Waals surface area (Å²) in [5, 5.41) is 4.38. The molecular formula is C28H30N4O4S. The van der Waals surface area contributed by atoms with Gasteiger partial charge in [0, 0.05) is 30.2 Å². The minimum Gasteiger partial charge on any atom is -0.494 e. The Bertz CT molecular complexity index is 1370. The molecule has 9 heteroatoms. The first-order chi connectivity index (χ1) is 18.0. The summed E-state index contributed by atoms with van der Waals surface area (Å²) in [5.74, 6) is 0.563. The first kappa shape index (κ1) is 25.0. The highest BCUT2D eigenvalue weighted by molar-refractivity contribution is 7.80. The molecule has 5 rings (SSSR count). The van der Waals surface area contributed by atoms with Gasteiger partial charge >= 0.3 is 0 Å². The van der Waals surface area contributed by atoms with E-state index in [1.165, 1.54) is 4.90 Å². The van der Waals surface area contributed by atoms with Crippen molar-refractivity contribution < 1.29 is 19.1 Å². The van der Waals surface area contributed by atoms with Crippen LogP contribution in [0.2, 0.25) is 0 Å². The number of fused-ring (bicyclic) bond motifs is 1. The van der Waals surface area contributed by atoms with Crippen LogP contribution in [0.1, 0.15) is 25.0 Å². The van der Waals surface area contributed by atoms with Crippen molar-refractivity contribution in [3.05, 3.63) is 65.5 Å². The first-order valence-corrected chi connectivity index (χ1v) is 13.0. The number of carbonyl (C=O) groups is 2. The van der Waals surface area contributed by atoms with Crippen molar-refractivity contribution >= 4 is 51.8 Å². The minimum atomic E-state index is -0.230. The van der Waals surface area contributed by atoms with Gasteiger partial charge in [0.2, 0.25) is 5.91 Å². The number of carbonyl (C=O) groups excluding carboxylic acids is 2. The molecule has 2 aliphatic heterocycles. The van der Waals surface area contributed by atoms with E-state index < -0.39 is 0 Å². The van der Waals surface area contributed by atoms with E-state index >= 15 is 0 Å². The number of ether oxygens (including phenoxy) is 2. The van der Waals surface area contributed by atoms with Gasteiger partial charge < -0.3 is 24.3 Å². The molecular weight excluding hydrogens is 488 g/mol. The molecule has 0 aliphatic carbocycles. The van der Waals surface area contributed by atoms with Gasteiger partial charge in [0.25, 0.3) is 5.91 Å². The van der Waals surface area contributed by atoms with Gasteiger partial charge in [0.1, 0.15) is 18.0 Å². The fourth-order valence-corrected chi connectivity index (χ4v) is 5.13. The molecule has 1 N–H and O–H groups in total. The zero-order valence-electron chi connectivity index (χ0n) is 21.0. The molecule has 2 saturated heterocycles. The van der Waals surface area contributed by atoms with E-state index in [-0.39, 0.29) is 18.4 Å². The van der Waals surface area contributed by atoms with Crippen LogP contribution >= 0.6 is 12.2 Å². The third kappa shape index (κ3) is 4.97. The molecule has 0 radical (unpaired) electrons. The van der Waals surface area contributed by atoms with Crippen LogP contribution in [0.3, 0.4) is 0 Å². The number of thiocarbonyl (C=S) groups is 1. The maximum absolute atomic E-state index is 13.4. The minimum absolute atomic E-state index is 0.0585. The number of morpholine rings is 1. The normalized spacial score (nSPS) is 17.1. The standard InChI is InChI=1S/C28H30N4O4S/c1-3-19-6-5-7-23-20(17-31(26(19)23)18-25(33)30-12-14-35-15-13-30)16-24-27(34)32(28(37)29-24)21-8-10-22(11-9-21)36-4-2/h5-11,16-17H,3-4,12-15,18H2,1-2H3,(H,29,37)/b24-16-. The lowest BCUT2D eigenvalue weighted by atomic mass is 10.1. The Morgan fingerprint density at radius 1 is 1.14 bits per heavy atom. The first-order valence-electron chi connectivity index (χ1n) is 12.6. The summed E-state index contributed by atoms with van der Waals surface area (Å²) in [4.78, 5) is 29.8. The van der Waals surface area contributed by atoms with Crippen molar-refractivity contribution in [2.24, 2.45) is 0 Å². The fraction of sp³-hybridized carbons (Fsp3) is 0.321. The molecule has 1 aromatic heterocycles. The van der Waals surface area contributed by atoms with Crippen molar-refractivity contribution in [3.63, 3.8) is 0 Å². The molecule has 3 heterocycles. The predicted molar refractivity (Wildman–Crippen MR) is 148 cm³/mol. The second-order valence-electron chi connectivity index (χ2n) is 8.93. The number of nitrogens with zero attached hydrogens (tertiary/aromatic N) is 3. The lowest BCUT2D eigenvalue weighted by Crippen LogP contribution is -2.42. The van der Waals surface area contributed by atoms with Gasteiger partial charge in [-0.1, -0.05) is 25.1 Å². The van der Waals surface area contributed by atoms with E-state index in [1.807, 2.05) is 65.1 Å². The molecule has 0 atom stereocenters. The van der Waals surface area contributed by atoms with Gasteiger partial charge in [-0.15, -0.1) is 0 Å². The molecule has 2 aliphatic rings. The molecule has 0 unspecified atom stereocenters. The van der Waals surface area contributed by atoms with E-state index in [0.29, 0.717) is 49.4 Å². The van der Waals surface area contributed by atoms with Crippen LogP contribution in [0.15, 0.2) is 54.4 Å². The Kier molecular flexibility index (Phi) is 7.25. The summed E-state index contributed by atoms with van der Waals surface area (Å²) in [5.41, 5.74) is 4.07. The Hall–Kier alpha value is -3.69. The van der Waals surface area contributed by atoms with Gasteiger partial charge in [-0.25, -0.2) is 0 Å². The number of rotatable bonds is 7. The summed E-state index contributed by atoms with van der Waals surface area (Å²) >= 11 is 5.50. The summed E-state index contributed by atoms with van der Waals surface area (Å²) < 4.78 is 12.9. The van der Waals surface area contributed by atoms with E-state index in [1.54, 1.807) is 0 Å². The summed E-state index contributed by atoms with van der Waals surface area (Å²) in [7, 11) is 0. The summed E-state index contributed by atoms with van der Waals surface area (Å²) in [6.45, 7) is 7.16. The highest BCUT2D eigenvalue weighted by atomic mass is 32.1. The number of aryl methyl sites for hydroxylation is 1. The molecule has 0 spiro atoms. The van der Waals surface area contributed by atoms with Crippen LogP contribution in [0.5, 0.6) is 5.75 Å². The number of hydrogen-bond donors (Lipinski definition) is 1. The van der Waals surface area contributed by atoms with Crippen LogP contribution in [0, 0.1) is 0 Å². The smallest absolute Gasteiger partial charge is 0.281 e. The maximum Gasteiger partial charge on any atom is 0.281 e. The largest absolute Gasteiger partial charge is 0.494 e. The molecule has 192 valence electrons. The molecule has 3 aromatic rings. The Balaban J connectivity index is 1.47. The highest BCUT2D eigenvalue weighted by Crippen LogP contribution is 2.30. The van der Waals surface area contributed by atoms with E-state index in [0.717, 1.165) is 34.2 Å². The molecule has 8 nitrogen and oxygen atoms in total. The van der Waals surface area contributed by atoms with E-state index in [9.17, 15) is 9.59 Å². The summed E-state index contributed by atoms with van der Waals surface area (Å²) in [6.07, 6.45) is 4.60. The van der Waals surface area contributed by atoms with Crippen molar-refractivity contribution in [2.45, 2.75) is 26.8 Å². The average molecular weight is 519 g/mol. The van der Waals surface area contributed by atoms with Gasteiger partial charge in [0.15, 0.2) is 5.11 Å². The quantitative estimate of drug-likeness (QED) is 0.380. The van der Waals surface area contributed by atoms with Crippen LogP contribution in [-0.4, -0.2) is 59.3 Å². The molecule has 0 bridgehead atoms. The van der Waals surface area contributed by atoms with Gasteiger partial charge in [-0.3, -0.25) is 14.5 Å². The monoisotopic (exact) mass is 518 g/mol. The molecule has 2 amide bonds. The number of para-hydroxylation sites is 1. The van der Waals surface area contributed by atoms with Crippen molar-refractivity contribution in [2.75, 3.05) is 37.8 Å². The van der Waals surface area contributed by atoms with E-state index in [2.05, 4.69) is 18.3 Å². The summed E-state index contributed by atoms with van der Waals surface area (Å²) in [6, 6.07) is 13.4. The second kappa shape index (κ2) is 10.7. The zero-order valence-corrected chi connectivity index (χ0v) is 21.8. The Morgan fingerprint density at radius 2 is 1.89 bits per heavy atom. The van der Waals surface area contributed by atoms with Crippen LogP contribution < -0.4 is 15.0 Å². The van der Waals surface area contributed by atoms with Crippen molar-refractivity contribution in [1.29, 1.82) is 0 Å². The highest BCUT2D eigenvalue weighted by Gasteiger charge is 2.32. The lowest BCUT2D eigenvalue weighted by molar-refractivity contribution is -0.135. The SMILES string of the molecule is CCOc1ccc(N2C(=O)/C(=C/c3cn(CC(=O)N4CCOCC4)c4c(CC)cccc34)NC2=S)cc1. The van der Waals surface area contributed by atoms with Crippen molar-refractivity contribution in [3.8, 4) is 5.75 Å². The molecule has 37 heavy (non-hydrogen) atoms. The number of hydrogen-bond acceptors (Lipinski definition) is 5. The van der Waals surface area contributed by atoms with E-state index in [4.69, 9.17) is 21.7 Å². The van der Waals surface area contributed by atoms with Crippen LogP contribution in [0.25, 0.3) is 17.0 Å². The Morgan fingerprint density at radius 3 is 2.59 bits per heavy atom. The molecule has 2 fully saturated rings. The maximum atomic E-state index is 13.4. The van der Waals surface area contributed by atoms with Gasteiger partial charge in [-0.05, 0) is 61.5 Å². The fourth-order valence-electron chi connectivity index (χ4n) is 4.83. The van der Waals surface area contributed by atoms with Crippen molar-refractivity contribution in [1.82, 2.24) is 14.8 Å². The number of anilines is 1. The lowest BCUT2D eigenvalue weighted by Gasteiger charge is -2.27. The predicted octanol–water partition coefficient (Wildman–Crippen LogP) is 3.72. The topological polar surface area (TPSA) is 76.0 Å². The number of nitrogens with one attached hydrogen (secondary N) is 1. The van der Waals surface area contributed by atoms with Crippen LogP contribution in [0.4, 0.5) is 5.69 Å². The molecule has 2 aromatic carbocycles. The average Bonchev–Trinajstić information content (AvgIpc) is 3.41. The number of aromatic nitrogens is 1. The zero-order chi connectivity index (χ0) is 25.9. The second-order valence-corrected chi connectivity index (χ2v) is 9.31. The Labute approximate surface area is 221 Å².